The molecule has 5 nitrogen and oxygen atoms in total. The molecule has 1 amide bonds. The zero-order valence-electron chi connectivity index (χ0n) is 10.8. The third kappa shape index (κ3) is 2.91. The second kappa shape index (κ2) is 5.38. The number of hydrogen-bond donors (Lipinski definition) is 2. The maximum absolute atomic E-state index is 12.6. The van der Waals surface area contributed by atoms with Crippen molar-refractivity contribution in [1.29, 1.82) is 0 Å². The topological polar surface area (TPSA) is 78.9 Å². The Labute approximate surface area is 112 Å². The monoisotopic (exact) mass is 271 g/mol. The summed E-state index contributed by atoms with van der Waals surface area (Å²) in [7, 11) is 0. The lowest BCUT2D eigenvalue weighted by molar-refractivity contribution is -0.133. The molecule has 1 aliphatic carbocycles. The van der Waals surface area contributed by atoms with Crippen LogP contribution in [0.15, 0.2) is 5.16 Å². The Balaban J connectivity index is 1.98. The molecule has 102 valence electrons. The van der Waals surface area contributed by atoms with Gasteiger partial charge >= 0.3 is 0 Å². The van der Waals surface area contributed by atoms with Crippen LogP contribution in [0.1, 0.15) is 39.0 Å². The summed E-state index contributed by atoms with van der Waals surface area (Å²) in [5, 5.41) is 11.5. The summed E-state index contributed by atoms with van der Waals surface area (Å²) in [5.41, 5.74) is 5.49. The van der Waals surface area contributed by atoms with Crippen LogP contribution in [0.3, 0.4) is 0 Å². The molecule has 1 saturated heterocycles. The van der Waals surface area contributed by atoms with E-state index in [0.29, 0.717) is 19.0 Å². The van der Waals surface area contributed by atoms with Crippen LogP contribution in [0.5, 0.6) is 0 Å². The van der Waals surface area contributed by atoms with E-state index in [1.165, 1.54) is 0 Å². The Hall–Kier alpha value is -0.910. The molecule has 1 unspecified atom stereocenters. The molecule has 0 bridgehead atoms. The molecule has 3 N–H and O–H groups in total. The number of nitrogens with zero attached hydrogens (tertiary/aromatic N) is 2. The summed E-state index contributed by atoms with van der Waals surface area (Å²) in [6.07, 6.45) is 4.69. The zero-order chi connectivity index (χ0) is 13.2. The zero-order valence-corrected chi connectivity index (χ0v) is 11.6. The summed E-state index contributed by atoms with van der Waals surface area (Å²) < 4.78 is -0.256. The number of carbonyl (C=O) groups excluding carboxylic acids is 1. The Morgan fingerprint density at radius 3 is 2.83 bits per heavy atom. The lowest BCUT2D eigenvalue weighted by Gasteiger charge is -2.31. The Morgan fingerprint density at radius 2 is 2.33 bits per heavy atom. The Bertz CT molecular complexity index is 349. The molecule has 0 spiro atoms. The third-order valence-corrected chi connectivity index (χ3v) is 5.17. The van der Waals surface area contributed by atoms with Gasteiger partial charge in [-0.2, -0.15) is 0 Å². The van der Waals surface area contributed by atoms with Crippen molar-refractivity contribution in [3.8, 4) is 0 Å². The van der Waals surface area contributed by atoms with Crippen molar-refractivity contribution >= 4 is 23.5 Å². The van der Waals surface area contributed by atoms with Gasteiger partial charge < -0.3 is 15.8 Å². The summed E-state index contributed by atoms with van der Waals surface area (Å²) in [6, 6.07) is 0.377. The minimum atomic E-state index is -0.256. The van der Waals surface area contributed by atoms with E-state index >= 15 is 0 Å². The van der Waals surface area contributed by atoms with Crippen LogP contribution in [0.25, 0.3) is 0 Å². The SMILES string of the molecule is CC1(C(=O)N(CCC(N)=NO)C2CC2)CCCS1. The fourth-order valence-electron chi connectivity index (χ4n) is 2.37. The molecule has 0 aromatic carbocycles. The molecule has 6 heteroatoms. The first-order valence-electron chi connectivity index (χ1n) is 6.48. The fraction of sp³-hybridized carbons (Fsp3) is 0.833. The minimum absolute atomic E-state index is 0.192. The van der Waals surface area contributed by atoms with Crippen LogP contribution in [0, 0.1) is 0 Å². The molecular weight excluding hydrogens is 250 g/mol. The molecular formula is C12H21N3O2S. The highest BCUT2D eigenvalue weighted by molar-refractivity contribution is 8.01. The average molecular weight is 271 g/mol. The minimum Gasteiger partial charge on any atom is -0.409 e. The predicted molar refractivity (Wildman–Crippen MR) is 72.9 cm³/mol. The molecule has 0 aromatic rings. The molecule has 0 aromatic heterocycles. The van der Waals surface area contributed by atoms with E-state index in [4.69, 9.17) is 10.9 Å². The fourth-order valence-corrected chi connectivity index (χ4v) is 3.64. The molecule has 1 saturated carbocycles. The van der Waals surface area contributed by atoms with Gasteiger partial charge in [0, 0.05) is 19.0 Å². The standard InChI is InChI=1S/C12H21N3O2S/c1-12(6-2-8-18-12)11(16)15(9-3-4-9)7-5-10(13)14-17/h9,17H,2-8H2,1H3,(H2,13,14). The van der Waals surface area contributed by atoms with E-state index in [-0.39, 0.29) is 16.5 Å². The van der Waals surface area contributed by atoms with E-state index in [9.17, 15) is 4.79 Å². The van der Waals surface area contributed by atoms with Crippen molar-refractivity contribution < 1.29 is 10.0 Å². The third-order valence-electron chi connectivity index (χ3n) is 3.66. The Morgan fingerprint density at radius 1 is 1.61 bits per heavy atom. The maximum Gasteiger partial charge on any atom is 0.238 e. The molecule has 0 radical (unpaired) electrons. The van der Waals surface area contributed by atoms with Crippen molar-refractivity contribution in [1.82, 2.24) is 4.90 Å². The van der Waals surface area contributed by atoms with Gasteiger partial charge in [-0.3, -0.25) is 4.79 Å². The number of carbonyl (C=O) groups is 1. The van der Waals surface area contributed by atoms with Crippen LogP contribution in [-0.2, 0) is 4.79 Å². The van der Waals surface area contributed by atoms with E-state index in [0.717, 1.165) is 31.4 Å². The molecule has 2 rings (SSSR count). The highest BCUT2D eigenvalue weighted by Gasteiger charge is 2.44. The molecule has 18 heavy (non-hydrogen) atoms. The van der Waals surface area contributed by atoms with Crippen molar-refractivity contribution in [2.24, 2.45) is 10.9 Å². The average Bonchev–Trinajstić information content (AvgIpc) is 3.10. The molecule has 2 aliphatic rings. The van der Waals surface area contributed by atoms with Gasteiger partial charge in [-0.25, -0.2) is 0 Å². The van der Waals surface area contributed by atoms with Gasteiger partial charge in [0.25, 0.3) is 0 Å². The maximum atomic E-state index is 12.6. The van der Waals surface area contributed by atoms with E-state index in [2.05, 4.69) is 5.16 Å². The van der Waals surface area contributed by atoms with E-state index in [1.54, 1.807) is 11.8 Å². The first-order chi connectivity index (χ1) is 8.57. The van der Waals surface area contributed by atoms with Gasteiger partial charge in [-0.15, -0.1) is 11.8 Å². The van der Waals surface area contributed by atoms with Crippen molar-refractivity contribution in [2.45, 2.75) is 49.8 Å². The summed E-state index contributed by atoms with van der Waals surface area (Å²) >= 11 is 1.76. The first-order valence-corrected chi connectivity index (χ1v) is 7.47. The summed E-state index contributed by atoms with van der Waals surface area (Å²) in [6.45, 7) is 2.61. The number of thioether (sulfide) groups is 1. The number of hydrogen-bond acceptors (Lipinski definition) is 4. The number of amides is 1. The van der Waals surface area contributed by atoms with Crippen LogP contribution >= 0.6 is 11.8 Å². The molecule has 2 fully saturated rings. The van der Waals surface area contributed by atoms with E-state index in [1.807, 2.05) is 11.8 Å². The van der Waals surface area contributed by atoms with Crippen LogP contribution < -0.4 is 5.73 Å². The molecule has 1 atom stereocenters. The Kier molecular flexibility index (Phi) is 4.04. The summed E-state index contributed by atoms with van der Waals surface area (Å²) in [4.78, 5) is 14.6. The van der Waals surface area contributed by atoms with Crippen LogP contribution in [0.2, 0.25) is 0 Å². The second-order valence-electron chi connectivity index (χ2n) is 5.25. The smallest absolute Gasteiger partial charge is 0.238 e. The number of nitrogens with two attached hydrogens (primary N) is 1. The van der Waals surface area contributed by atoms with Crippen LogP contribution in [0.4, 0.5) is 0 Å². The van der Waals surface area contributed by atoms with Gasteiger partial charge in [0.1, 0.15) is 5.84 Å². The van der Waals surface area contributed by atoms with Crippen molar-refractivity contribution in [2.75, 3.05) is 12.3 Å². The highest BCUT2D eigenvalue weighted by Crippen LogP contribution is 2.41. The highest BCUT2D eigenvalue weighted by atomic mass is 32.2. The van der Waals surface area contributed by atoms with E-state index < -0.39 is 0 Å². The normalized spacial score (nSPS) is 28.4. The van der Waals surface area contributed by atoms with Gasteiger partial charge in [0.15, 0.2) is 0 Å². The largest absolute Gasteiger partial charge is 0.409 e. The quantitative estimate of drug-likeness (QED) is 0.343. The van der Waals surface area contributed by atoms with Crippen LogP contribution in [-0.4, -0.2) is 44.9 Å². The molecule has 1 heterocycles. The lowest BCUT2D eigenvalue weighted by atomic mass is 10.0. The van der Waals surface area contributed by atoms with Gasteiger partial charge in [-0.1, -0.05) is 5.16 Å². The van der Waals surface area contributed by atoms with Gasteiger partial charge in [0.2, 0.25) is 5.91 Å². The van der Waals surface area contributed by atoms with Gasteiger partial charge in [-0.05, 0) is 38.4 Å². The number of rotatable bonds is 5. The second-order valence-corrected chi connectivity index (χ2v) is 6.85. The lowest BCUT2D eigenvalue weighted by Crippen LogP contribution is -2.46. The van der Waals surface area contributed by atoms with Crippen molar-refractivity contribution in [3.63, 3.8) is 0 Å². The molecule has 1 aliphatic heterocycles. The first kappa shape index (κ1) is 13.5. The number of oxime groups is 1. The summed E-state index contributed by atoms with van der Waals surface area (Å²) in [5.74, 6) is 1.50. The van der Waals surface area contributed by atoms with Gasteiger partial charge in [0.05, 0.1) is 4.75 Å². The number of amidine groups is 1. The predicted octanol–water partition coefficient (Wildman–Crippen LogP) is 1.40. The van der Waals surface area contributed by atoms with Crippen molar-refractivity contribution in [3.05, 3.63) is 0 Å².